The van der Waals surface area contributed by atoms with Gasteiger partial charge in [-0.3, -0.25) is 14.9 Å². The van der Waals surface area contributed by atoms with Crippen LogP contribution >= 0.6 is 11.3 Å². The van der Waals surface area contributed by atoms with Crippen LogP contribution in [0.2, 0.25) is 0 Å². The molecule has 13 nitrogen and oxygen atoms in total. The number of H-pyrrole nitrogens is 1. The number of nitrogens with one attached hydrogen (secondary N) is 4. The number of hydrogen-bond acceptors (Lipinski definition) is 10. The second kappa shape index (κ2) is 19.6. The summed E-state index contributed by atoms with van der Waals surface area (Å²) in [5.74, 6) is -3.17. The largest absolute Gasteiger partial charge is 0.542 e. The number of alkyl halides is 3. The lowest BCUT2D eigenvalue weighted by Gasteiger charge is -2.36. The van der Waals surface area contributed by atoms with Crippen LogP contribution in [0.1, 0.15) is 41.4 Å². The fourth-order valence-electron chi connectivity index (χ4n) is 7.11. The number of pyridine rings is 1. The van der Waals surface area contributed by atoms with E-state index in [4.69, 9.17) is 14.6 Å². The van der Waals surface area contributed by atoms with Gasteiger partial charge in [0.05, 0.1) is 44.5 Å². The molecular weight excluding hydrogens is 828 g/mol. The van der Waals surface area contributed by atoms with Crippen LogP contribution in [0.5, 0.6) is 5.75 Å². The normalized spacial score (nSPS) is 14.4. The predicted molar refractivity (Wildman–Crippen MR) is 230 cm³/mol. The SMILES string of the molecule is C[N+]1(C)CCC(OC(=O)Nc2cc(CCC(=O)Nc3ccc4sc(CNC[C@H](O)c5ccc(O)c6[nH]c(=O)ccc56)cc4c3)ccc2-c2ccccc2)CC1.O=C([O-])C(F)(F)F. The minimum atomic E-state index is -5.19. The molecule has 0 aliphatic carbocycles. The molecule has 0 radical (unpaired) electrons. The number of halogens is 3. The van der Waals surface area contributed by atoms with E-state index in [-0.39, 0.29) is 36.3 Å². The van der Waals surface area contributed by atoms with Gasteiger partial charge in [-0.2, -0.15) is 13.2 Å². The average Bonchev–Trinajstić information content (AvgIpc) is 3.63. The number of aromatic amines is 1. The maximum atomic E-state index is 13.1. The number of carbonyl (C=O) groups is 3. The zero-order valence-corrected chi connectivity index (χ0v) is 34.7. The molecule has 6 N–H and O–H groups in total. The van der Waals surface area contributed by atoms with Crippen molar-refractivity contribution in [3.8, 4) is 16.9 Å². The van der Waals surface area contributed by atoms with Gasteiger partial charge in [-0.25, -0.2) is 4.79 Å². The third-order valence-electron chi connectivity index (χ3n) is 10.4. The summed E-state index contributed by atoms with van der Waals surface area (Å²) < 4.78 is 39.4. The number of amides is 2. The van der Waals surface area contributed by atoms with Crippen LogP contribution in [0.15, 0.2) is 102 Å². The number of piperidine rings is 1. The number of carbonyl (C=O) groups excluding carboxylic acids is 3. The molecule has 1 aliphatic rings. The van der Waals surface area contributed by atoms with E-state index in [0.29, 0.717) is 40.8 Å². The van der Waals surface area contributed by atoms with E-state index in [9.17, 15) is 37.8 Å². The van der Waals surface area contributed by atoms with Gasteiger partial charge in [-0.15, -0.1) is 11.3 Å². The number of aliphatic hydroxyl groups is 1. The number of ether oxygens (including phenoxy) is 1. The van der Waals surface area contributed by atoms with E-state index in [1.54, 1.807) is 23.5 Å². The number of nitrogens with zero attached hydrogens (tertiary/aromatic N) is 1. The van der Waals surface area contributed by atoms with Crippen molar-refractivity contribution >= 4 is 61.7 Å². The number of rotatable bonds is 12. The summed E-state index contributed by atoms with van der Waals surface area (Å²) in [5.41, 5.74) is 4.71. The maximum absolute atomic E-state index is 13.1. The van der Waals surface area contributed by atoms with Crippen molar-refractivity contribution in [1.82, 2.24) is 10.3 Å². The third-order valence-corrected chi connectivity index (χ3v) is 11.5. The minimum absolute atomic E-state index is 0.0495. The van der Waals surface area contributed by atoms with E-state index < -0.39 is 24.3 Å². The zero-order valence-electron chi connectivity index (χ0n) is 33.9. The molecular formula is C45H46F3N5O8S. The van der Waals surface area contributed by atoms with Crippen molar-refractivity contribution in [2.24, 2.45) is 0 Å². The van der Waals surface area contributed by atoms with Gasteiger partial charge in [-0.1, -0.05) is 48.5 Å². The van der Waals surface area contributed by atoms with Crippen molar-refractivity contribution in [2.45, 2.75) is 50.6 Å². The van der Waals surface area contributed by atoms with Crippen LogP contribution in [0.25, 0.3) is 32.1 Å². The molecule has 7 rings (SSSR count). The highest BCUT2D eigenvalue weighted by Gasteiger charge is 2.29. The number of phenols is 1. The van der Waals surface area contributed by atoms with Gasteiger partial charge in [0.2, 0.25) is 11.5 Å². The number of aromatic hydroxyl groups is 1. The number of thiophene rings is 1. The van der Waals surface area contributed by atoms with Crippen LogP contribution in [0.3, 0.4) is 0 Å². The molecule has 6 aromatic rings. The van der Waals surface area contributed by atoms with E-state index in [0.717, 1.165) is 62.1 Å². The number of likely N-dealkylation sites (tertiary alicyclic amines) is 1. The quantitative estimate of drug-likeness (QED) is 0.0736. The Balaban J connectivity index is 0.000000845. The Hall–Kier alpha value is -6.27. The summed E-state index contributed by atoms with van der Waals surface area (Å²) in [6.45, 7) is 2.72. The lowest BCUT2D eigenvalue weighted by Crippen LogP contribution is -2.48. The number of aryl methyl sites for hydroxylation is 1. The summed E-state index contributed by atoms with van der Waals surface area (Å²) in [6.07, 6.45) is -4.22. The highest BCUT2D eigenvalue weighted by molar-refractivity contribution is 7.19. The van der Waals surface area contributed by atoms with Crippen LogP contribution < -0.4 is 26.6 Å². The number of carboxylic acid groups (broad SMARTS) is 1. The zero-order chi connectivity index (χ0) is 44.6. The van der Waals surface area contributed by atoms with Crippen LogP contribution in [0.4, 0.5) is 29.3 Å². The number of anilines is 2. The fraction of sp³-hybridized carbons (Fsp3) is 0.289. The predicted octanol–water partition coefficient (Wildman–Crippen LogP) is 6.60. The van der Waals surface area contributed by atoms with Gasteiger partial charge in [-0.05, 0) is 71.0 Å². The molecule has 3 heterocycles. The van der Waals surface area contributed by atoms with Crippen molar-refractivity contribution < 1.29 is 52.1 Å². The summed E-state index contributed by atoms with van der Waals surface area (Å²) in [6, 6.07) is 29.8. The van der Waals surface area contributed by atoms with E-state index in [2.05, 4.69) is 41.1 Å². The number of quaternary nitrogens is 1. The molecule has 1 aliphatic heterocycles. The molecule has 62 heavy (non-hydrogen) atoms. The first-order valence-electron chi connectivity index (χ1n) is 19.8. The highest BCUT2D eigenvalue weighted by Crippen LogP contribution is 2.32. The lowest BCUT2D eigenvalue weighted by atomic mass is 9.99. The summed E-state index contributed by atoms with van der Waals surface area (Å²) in [5, 5.41) is 40.8. The number of hydrogen-bond donors (Lipinski definition) is 6. The molecule has 0 bridgehead atoms. The fourth-order valence-corrected chi connectivity index (χ4v) is 8.12. The monoisotopic (exact) mass is 873 g/mol. The van der Waals surface area contributed by atoms with E-state index in [1.165, 1.54) is 12.1 Å². The first-order chi connectivity index (χ1) is 29.4. The number of benzene rings is 4. The minimum Gasteiger partial charge on any atom is -0.542 e. The number of fused-ring (bicyclic) bond motifs is 2. The van der Waals surface area contributed by atoms with Crippen molar-refractivity contribution in [1.29, 1.82) is 0 Å². The van der Waals surface area contributed by atoms with E-state index >= 15 is 0 Å². The highest BCUT2D eigenvalue weighted by atomic mass is 32.1. The second-order valence-electron chi connectivity index (χ2n) is 15.6. The van der Waals surface area contributed by atoms with Gasteiger partial charge in [0.15, 0.2) is 0 Å². The van der Waals surface area contributed by atoms with Crippen molar-refractivity contribution in [3.05, 3.63) is 123 Å². The number of aliphatic carboxylic acids is 1. The average molecular weight is 874 g/mol. The Bertz CT molecular complexity index is 2600. The number of carboxylic acids is 1. The standard InChI is InChI=1S/C43H45N5O6S.C2HF3O2/c1-48(2)20-18-31(19-21-48)54-43(53)46-36-22-27(8-11-33(36)28-6-4-3-5-7-28)9-16-40(51)45-30-10-15-39-29(23-30)24-32(55-39)25-44-26-38(50)34-12-14-37(49)42-35(34)13-17-41(52)47-42;3-2(4,5)1(6)7/h3-8,10-15,17,22-24,31,38,44,50H,9,16,18-21,25-26H2,1-2H3,(H3-,45,46,47,49,51,52,53);(H,6,7)/t38-;/m0./s1. The number of aliphatic hydroxyl groups excluding tert-OH is 1. The van der Waals surface area contributed by atoms with Crippen LogP contribution in [0, 0.1) is 0 Å². The first kappa shape index (κ1) is 45.3. The number of aromatic nitrogens is 1. The van der Waals surface area contributed by atoms with Crippen molar-refractivity contribution in [3.63, 3.8) is 0 Å². The van der Waals surface area contributed by atoms with Gasteiger partial charge >= 0.3 is 12.3 Å². The third kappa shape index (κ3) is 12.2. The topological polar surface area (TPSA) is 193 Å². The summed E-state index contributed by atoms with van der Waals surface area (Å²) in [4.78, 5) is 50.4. The Morgan fingerprint density at radius 2 is 1.68 bits per heavy atom. The van der Waals surface area contributed by atoms with Gasteiger partial charge < -0.3 is 45.0 Å². The van der Waals surface area contributed by atoms with Crippen molar-refractivity contribution in [2.75, 3.05) is 44.4 Å². The molecule has 1 fully saturated rings. The molecule has 4 aromatic carbocycles. The van der Waals surface area contributed by atoms with Crippen LogP contribution in [-0.4, -0.2) is 83.7 Å². The molecule has 1 atom stereocenters. The Labute approximate surface area is 358 Å². The smallest absolute Gasteiger partial charge is 0.430 e. The molecule has 17 heteroatoms. The molecule has 326 valence electrons. The second-order valence-corrected chi connectivity index (χ2v) is 16.8. The molecule has 0 saturated carbocycles. The Kier molecular flexibility index (Phi) is 14.3. The summed E-state index contributed by atoms with van der Waals surface area (Å²) in [7, 11) is 4.39. The van der Waals surface area contributed by atoms with Gasteiger partial charge in [0.25, 0.3) is 0 Å². The molecule has 0 spiro atoms. The Morgan fingerprint density at radius 1 is 0.952 bits per heavy atom. The molecule has 1 saturated heterocycles. The molecule has 2 amide bonds. The van der Waals surface area contributed by atoms with Gasteiger partial charge in [0.1, 0.15) is 17.8 Å². The molecule has 2 aromatic heterocycles. The van der Waals surface area contributed by atoms with E-state index in [1.807, 2.05) is 66.7 Å². The summed E-state index contributed by atoms with van der Waals surface area (Å²) >= 11 is 1.63. The number of phenolic OH excluding ortho intramolecular Hbond substituents is 1. The van der Waals surface area contributed by atoms with Gasteiger partial charge in [0, 0.05) is 64.6 Å². The Morgan fingerprint density at radius 3 is 2.39 bits per heavy atom. The maximum Gasteiger partial charge on any atom is 0.430 e. The first-order valence-corrected chi connectivity index (χ1v) is 20.6. The molecule has 0 unspecified atom stereocenters. The lowest BCUT2D eigenvalue weighted by molar-refractivity contribution is -0.896. The van der Waals surface area contributed by atoms with Crippen LogP contribution in [-0.2, 0) is 27.3 Å².